The SMILES string of the molecule is CN=c1scc(-c2cccc([N+](=O)[O-])c2)n1N=Cc1c[nH]c2ccc(Br)cc12. The zero-order valence-electron chi connectivity index (χ0n) is 14.7. The van der Waals surface area contributed by atoms with Gasteiger partial charge in [-0.1, -0.05) is 28.1 Å². The lowest BCUT2D eigenvalue weighted by atomic mass is 10.1. The number of nitro groups is 1. The molecule has 4 aromatic rings. The topological polar surface area (TPSA) is 88.6 Å². The Labute approximate surface area is 172 Å². The van der Waals surface area contributed by atoms with Gasteiger partial charge in [0.15, 0.2) is 0 Å². The number of nitrogens with one attached hydrogen (secondary N) is 1. The molecule has 0 aliphatic rings. The van der Waals surface area contributed by atoms with Gasteiger partial charge in [-0.05, 0) is 18.2 Å². The van der Waals surface area contributed by atoms with Crippen molar-refractivity contribution in [3.05, 3.63) is 79.0 Å². The third-order valence-electron chi connectivity index (χ3n) is 4.22. The summed E-state index contributed by atoms with van der Waals surface area (Å²) in [5.74, 6) is 0. The summed E-state index contributed by atoms with van der Waals surface area (Å²) in [6.45, 7) is 0. The highest BCUT2D eigenvalue weighted by molar-refractivity contribution is 9.10. The van der Waals surface area contributed by atoms with Crippen LogP contribution in [0.5, 0.6) is 0 Å². The van der Waals surface area contributed by atoms with Crippen LogP contribution in [-0.4, -0.2) is 27.8 Å². The maximum atomic E-state index is 11.1. The van der Waals surface area contributed by atoms with Crippen LogP contribution in [0.25, 0.3) is 22.2 Å². The van der Waals surface area contributed by atoms with E-state index in [1.165, 1.54) is 23.5 Å². The molecule has 0 atom stereocenters. The first kappa shape index (κ1) is 18.3. The van der Waals surface area contributed by atoms with Crippen molar-refractivity contribution in [2.75, 3.05) is 7.05 Å². The van der Waals surface area contributed by atoms with Gasteiger partial charge in [0.1, 0.15) is 0 Å². The Bertz CT molecular complexity index is 1280. The maximum absolute atomic E-state index is 11.1. The van der Waals surface area contributed by atoms with E-state index < -0.39 is 4.92 Å². The number of rotatable bonds is 4. The number of nitro benzene ring substituents is 1. The minimum atomic E-state index is -0.404. The van der Waals surface area contributed by atoms with Gasteiger partial charge < -0.3 is 4.98 Å². The first-order valence-electron chi connectivity index (χ1n) is 8.26. The van der Waals surface area contributed by atoms with Crippen molar-refractivity contribution in [2.45, 2.75) is 0 Å². The first-order valence-corrected chi connectivity index (χ1v) is 9.93. The summed E-state index contributed by atoms with van der Waals surface area (Å²) in [5.41, 5.74) is 3.43. The molecule has 0 spiro atoms. The zero-order valence-corrected chi connectivity index (χ0v) is 17.1. The number of halogens is 1. The van der Waals surface area contributed by atoms with Gasteiger partial charge in [0.2, 0.25) is 4.80 Å². The fraction of sp³-hybridized carbons (Fsp3) is 0.0526. The lowest BCUT2D eigenvalue weighted by Crippen LogP contribution is -2.11. The molecule has 2 aromatic carbocycles. The summed E-state index contributed by atoms with van der Waals surface area (Å²) < 4.78 is 2.68. The highest BCUT2D eigenvalue weighted by Crippen LogP contribution is 2.25. The van der Waals surface area contributed by atoms with Crippen molar-refractivity contribution in [1.29, 1.82) is 0 Å². The van der Waals surface area contributed by atoms with Crippen molar-refractivity contribution < 1.29 is 4.92 Å². The van der Waals surface area contributed by atoms with Gasteiger partial charge in [-0.25, -0.2) is 4.68 Å². The molecule has 0 fully saturated rings. The summed E-state index contributed by atoms with van der Waals surface area (Å²) in [7, 11) is 1.69. The van der Waals surface area contributed by atoms with Crippen LogP contribution in [0.15, 0.2) is 68.6 Å². The fourth-order valence-electron chi connectivity index (χ4n) is 2.88. The molecule has 9 heteroatoms. The quantitative estimate of drug-likeness (QED) is 0.272. The lowest BCUT2D eigenvalue weighted by Gasteiger charge is -2.03. The Balaban J connectivity index is 1.81. The van der Waals surface area contributed by atoms with Gasteiger partial charge in [-0.3, -0.25) is 15.1 Å². The molecule has 2 heterocycles. The zero-order chi connectivity index (χ0) is 19.7. The molecule has 2 aromatic heterocycles. The molecule has 0 radical (unpaired) electrons. The van der Waals surface area contributed by atoms with Crippen LogP contribution < -0.4 is 4.80 Å². The Morgan fingerprint density at radius 3 is 2.93 bits per heavy atom. The van der Waals surface area contributed by atoms with Gasteiger partial charge in [-0.15, -0.1) is 11.3 Å². The van der Waals surface area contributed by atoms with E-state index in [4.69, 9.17) is 0 Å². The van der Waals surface area contributed by atoms with E-state index in [9.17, 15) is 10.1 Å². The molecule has 0 amide bonds. The smallest absolute Gasteiger partial charge is 0.270 e. The molecule has 4 rings (SSSR count). The molecule has 28 heavy (non-hydrogen) atoms. The molecule has 0 bridgehead atoms. The molecule has 140 valence electrons. The van der Waals surface area contributed by atoms with Gasteiger partial charge in [0.05, 0.1) is 16.8 Å². The van der Waals surface area contributed by atoms with Crippen molar-refractivity contribution in [3.8, 4) is 11.3 Å². The van der Waals surface area contributed by atoms with Crippen molar-refractivity contribution in [2.24, 2.45) is 10.1 Å². The minimum Gasteiger partial charge on any atom is -0.361 e. The van der Waals surface area contributed by atoms with Crippen LogP contribution in [0, 0.1) is 10.1 Å². The fourth-order valence-corrected chi connectivity index (χ4v) is 4.05. The average Bonchev–Trinajstić information content (AvgIpc) is 3.29. The van der Waals surface area contributed by atoms with Gasteiger partial charge in [0, 0.05) is 57.3 Å². The number of H-pyrrole nitrogens is 1. The van der Waals surface area contributed by atoms with E-state index >= 15 is 0 Å². The summed E-state index contributed by atoms with van der Waals surface area (Å²) in [6.07, 6.45) is 3.65. The van der Waals surface area contributed by atoms with E-state index in [0.717, 1.165) is 26.6 Å². The second-order valence-electron chi connectivity index (χ2n) is 5.92. The van der Waals surface area contributed by atoms with E-state index in [0.29, 0.717) is 10.4 Å². The van der Waals surface area contributed by atoms with Crippen LogP contribution in [-0.2, 0) is 0 Å². The highest BCUT2D eigenvalue weighted by atomic mass is 79.9. The number of hydrogen-bond acceptors (Lipinski definition) is 5. The van der Waals surface area contributed by atoms with Crippen LogP contribution in [0.2, 0.25) is 0 Å². The van der Waals surface area contributed by atoms with E-state index in [-0.39, 0.29) is 5.69 Å². The van der Waals surface area contributed by atoms with Crippen molar-refractivity contribution in [3.63, 3.8) is 0 Å². The van der Waals surface area contributed by atoms with Crippen LogP contribution in [0.4, 0.5) is 5.69 Å². The average molecular weight is 456 g/mol. The number of nitrogens with zero attached hydrogens (tertiary/aromatic N) is 4. The molecular weight excluding hydrogens is 442 g/mol. The predicted molar refractivity (Wildman–Crippen MR) is 115 cm³/mol. The number of fused-ring (bicyclic) bond motifs is 1. The van der Waals surface area contributed by atoms with Crippen LogP contribution in [0.1, 0.15) is 5.56 Å². The molecule has 0 unspecified atom stereocenters. The van der Waals surface area contributed by atoms with Crippen LogP contribution >= 0.6 is 27.3 Å². The minimum absolute atomic E-state index is 0.0377. The molecule has 0 aliphatic heterocycles. The molecule has 0 saturated heterocycles. The van der Waals surface area contributed by atoms with E-state index in [2.05, 4.69) is 31.0 Å². The van der Waals surface area contributed by atoms with Crippen molar-refractivity contribution in [1.82, 2.24) is 9.66 Å². The Morgan fingerprint density at radius 1 is 1.29 bits per heavy atom. The third kappa shape index (κ3) is 3.41. The number of hydrogen-bond donors (Lipinski definition) is 1. The first-order chi connectivity index (χ1) is 13.6. The Morgan fingerprint density at radius 2 is 2.14 bits per heavy atom. The number of thiazole rings is 1. The summed E-state index contributed by atoms with van der Waals surface area (Å²) in [4.78, 5) is 18.9. The Kier molecular flexibility index (Phi) is 4.93. The normalized spacial score (nSPS) is 12.3. The second-order valence-corrected chi connectivity index (χ2v) is 7.68. The summed E-state index contributed by atoms with van der Waals surface area (Å²) in [5, 5.41) is 18.7. The number of aromatic amines is 1. The van der Waals surface area contributed by atoms with E-state index in [1.54, 1.807) is 24.0 Å². The maximum Gasteiger partial charge on any atom is 0.270 e. The molecule has 7 nitrogen and oxygen atoms in total. The standard InChI is InChI=1S/C19H14BrN5O2S/c1-21-19-24(18(11-28-19)12-3-2-4-15(7-12)25(26)27)23-10-13-9-22-17-6-5-14(20)8-16(13)17/h2-11,22H,1H3. The summed E-state index contributed by atoms with van der Waals surface area (Å²) >= 11 is 4.92. The number of non-ortho nitro benzene ring substituents is 1. The predicted octanol–water partition coefficient (Wildman–Crippen LogP) is 4.78. The largest absolute Gasteiger partial charge is 0.361 e. The lowest BCUT2D eigenvalue weighted by molar-refractivity contribution is -0.384. The van der Waals surface area contributed by atoms with Crippen LogP contribution in [0.3, 0.4) is 0 Å². The van der Waals surface area contributed by atoms with Crippen molar-refractivity contribution >= 4 is 50.1 Å². The molecule has 0 aliphatic carbocycles. The molecular formula is C19H14BrN5O2S. The van der Waals surface area contributed by atoms with Gasteiger partial charge in [0.25, 0.3) is 5.69 Å². The van der Waals surface area contributed by atoms with Gasteiger partial charge >= 0.3 is 0 Å². The molecule has 0 saturated carbocycles. The second kappa shape index (κ2) is 7.53. The number of aromatic nitrogens is 2. The summed E-state index contributed by atoms with van der Waals surface area (Å²) in [6, 6.07) is 12.5. The van der Waals surface area contributed by atoms with E-state index in [1.807, 2.05) is 35.8 Å². The monoisotopic (exact) mass is 455 g/mol. The van der Waals surface area contributed by atoms with Gasteiger partial charge in [-0.2, -0.15) is 5.10 Å². The molecule has 1 N–H and O–H groups in total. The number of benzene rings is 2. The third-order valence-corrected chi connectivity index (χ3v) is 5.62. The highest BCUT2D eigenvalue weighted by Gasteiger charge is 2.12. The Hall–Kier alpha value is -3.04.